The van der Waals surface area contributed by atoms with E-state index in [1.807, 2.05) is 18.2 Å². The summed E-state index contributed by atoms with van der Waals surface area (Å²) in [5, 5.41) is 5.15. The van der Waals surface area contributed by atoms with Gasteiger partial charge in [0.15, 0.2) is 11.0 Å². The van der Waals surface area contributed by atoms with Gasteiger partial charge in [-0.15, -0.1) is 0 Å². The Labute approximate surface area is 140 Å². The molecular formula is C17H22N4OS. The van der Waals surface area contributed by atoms with Crippen LogP contribution in [0.25, 0.3) is 11.0 Å². The molecule has 1 aromatic carbocycles. The first-order valence-electron chi connectivity index (χ1n) is 8.17. The predicted molar refractivity (Wildman–Crippen MR) is 92.6 cm³/mol. The topological polar surface area (TPSA) is 56.7 Å². The second kappa shape index (κ2) is 7.17. The van der Waals surface area contributed by atoms with E-state index in [4.69, 9.17) is 9.51 Å². The van der Waals surface area contributed by atoms with Crippen LogP contribution in [0.2, 0.25) is 0 Å². The number of imidazole rings is 1. The molecule has 0 saturated carbocycles. The molecule has 122 valence electrons. The third-order valence-corrected chi connectivity index (χ3v) is 4.88. The van der Waals surface area contributed by atoms with Crippen LogP contribution < -0.4 is 0 Å². The molecule has 6 heteroatoms. The first-order chi connectivity index (χ1) is 11.2. The number of unbranched alkanes of at least 4 members (excludes halogenated alkanes) is 1. The highest BCUT2D eigenvalue weighted by Gasteiger charge is 2.19. The normalized spacial score (nSPS) is 12.8. The Morgan fingerprint density at radius 1 is 1.22 bits per heavy atom. The van der Waals surface area contributed by atoms with Gasteiger partial charge in [0.25, 0.3) is 0 Å². The minimum atomic E-state index is 0.0833. The second-order valence-corrected chi connectivity index (χ2v) is 6.85. The van der Waals surface area contributed by atoms with Crippen molar-refractivity contribution in [3.63, 3.8) is 0 Å². The van der Waals surface area contributed by atoms with Gasteiger partial charge in [0.2, 0.25) is 5.89 Å². The molecule has 0 aliphatic carbocycles. The number of hydrogen-bond donors (Lipinski definition) is 0. The summed E-state index contributed by atoms with van der Waals surface area (Å²) in [6.45, 7) is 7.27. The number of para-hydroxylation sites is 2. The maximum absolute atomic E-state index is 5.42. The maximum atomic E-state index is 5.42. The second-order valence-electron chi connectivity index (χ2n) is 5.54. The van der Waals surface area contributed by atoms with Gasteiger partial charge in [0.05, 0.1) is 16.3 Å². The van der Waals surface area contributed by atoms with Gasteiger partial charge in [-0.1, -0.05) is 42.4 Å². The molecule has 0 spiro atoms. The van der Waals surface area contributed by atoms with E-state index in [0.717, 1.165) is 42.3 Å². The fourth-order valence-corrected chi connectivity index (χ4v) is 3.55. The number of aromatic nitrogens is 4. The van der Waals surface area contributed by atoms with E-state index >= 15 is 0 Å². The molecule has 0 aliphatic heterocycles. The molecule has 0 fully saturated rings. The Hall–Kier alpha value is -1.82. The fourth-order valence-electron chi connectivity index (χ4n) is 2.53. The van der Waals surface area contributed by atoms with Gasteiger partial charge in [-0.2, -0.15) is 4.98 Å². The number of aryl methyl sites for hydroxylation is 2. The van der Waals surface area contributed by atoms with Crippen LogP contribution in [0.4, 0.5) is 0 Å². The summed E-state index contributed by atoms with van der Waals surface area (Å²) >= 11 is 1.67. The zero-order valence-electron chi connectivity index (χ0n) is 13.8. The van der Waals surface area contributed by atoms with Crippen LogP contribution in [0.3, 0.4) is 0 Å². The van der Waals surface area contributed by atoms with E-state index in [9.17, 15) is 0 Å². The fraction of sp³-hybridized carbons (Fsp3) is 0.471. The smallest absolute Gasteiger partial charge is 0.239 e. The quantitative estimate of drug-likeness (QED) is 0.591. The molecule has 23 heavy (non-hydrogen) atoms. The lowest BCUT2D eigenvalue weighted by molar-refractivity contribution is 0.374. The summed E-state index contributed by atoms with van der Waals surface area (Å²) in [7, 11) is 0. The SMILES string of the molecule is CCCCc1noc([C@H](C)Sc2nc3ccccc3n2CC)n1. The van der Waals surface area contributed by atoms with Crippen LogP contribution in [-0.2, 0) is 13.0 Å². The summed E-state index contributed by atoms with van der Waals surface area (Å²) in [5.41, 5.74) is 2.19. The summed E-state index contributed by atoms with van der Waals surface area (Å²) in [6.07, 6.45) is 3.10. The van der Waals surface area contributed by atoms with E-state index in [2.05, 4.69) is 41.5 Å². The van der Waals surface area contributed by atoms with E-state index in [1.165, 1.54) is 5.52 Å². The Balaban J connectivity index is 1.79. The van der Waals surface area contributed by atoms with Crippen molar-refractivity contribution < 1.29 is 4.52 Å². The molecule has 0 aliphatic rings. The van der Waals surface area contributed by atoms with Gasteiger partial charge in [0, 0.05) is 13.0 Å². The lowest BCUT2D eigenvalue weighted by atomic mass is 10.2. The van der Waals surface area contributed by atoms with Gasteiger partial charge >= 0.3 is 0 Å². The molecule has 0 bridgehead atoms. The molecule has 3 rings (SSSR count). The molecule has 0 amide bonds. The number of benzene rings is 1. The van der Waals surface area contributed by atoms with Crippen LogP contribution >= 0.6 is 11.8 Å². The largest absolute Gasteiger partial charge is 0.338 e. The molecule has 0 unspecified atom stereocenters. The highest BCUT2D eigenvalue weighted by atomic mass is 32.2. The zero-order chi connectivity index (χ0) is 16.2. The van der Waals surface area contributed by atoms with Crippen molar-refractivity contribution in [3.05, 3.63) is 36.0 Å². The van der Waals surface area contributed by atoms with Crippen molar-refractivity contribution >= 4 is 22.8 Å². The molecule has 5 nitrogen and oxygen atoms in total. The van der Waals surface area contributed by atoms with Crippen molar-refractivity contribution in [3.8, 4) is 0 Å². The Bertz CT molecular complexity index is 780. The summed E-state index contributed by atoms with van der Waals surface area (Å²) in [6, 6.07) is 8.22. The number of nitrogens with zero attached hydrogens (tertiary/aromatic N) is 4. The molecule has 2 aromatic heterocycles. The highest BCUT2D eigenvalue weighted by Crippen LogP contribution is 2.35. The van der Waals surface area contributed by atoms with E-state index in [-0.39, 0.29) is 5.25 Å². The van der Waals surface area contributed by atoms with Crippen molar-refractivity contribution in [1.82, 2.24) is 19.7 Å². The Morgan fingerprint density at radius 3 is 2.83 bits per heavy atom. The third kappa shape index (κ3) is 3.42. The number of thioether (sulfide) groups is 1. The standard InChI is InChI=1S/C17H22N4OS/c1-4-6-11-15-19-16(22-20-15)12(3)23-17-18-13-9-7-8-10-14(13)21(17)5-2/h7-10,12H,4-6,11H2,1-3H3/t12-/m0/s1. The van der Waals surface area contributed by atoms with Crippen molar-refractivity contribution in [1.29, 1.82) is 0 Å². The van der Waals surface area contributed by atoms with Gasteiger partial charge in [0.1, 0.15) is 0 Å². The van der Waals surface area contributed by atoms with Crippen LogP contribution in [0.15, 0.2) is 33.9 Å². The minimum Gasteiger partial charge on any atom is -0.338 e. The zero-order valence-corrected chi connectivity index (χ0v) is 14.6. The van der Waals surface area contributed by atoms with Crippen molar-refractivity contribution in [2.45, 2.75) is 57.0 Å². The molecule has 2 heterocycles. The van der Waals surface area contributed by atoms with Crippen molar-refractivity contribution in [2.75, 3.05) is 0 Å². The average Bonchev–Trinajstić information content (AvgIpc) is 3.16. The first-order valence-corrected chi connectivity index (χ1v) is 9.05. The summed E-state index contributed by atoms with van der Waals surface area (Å²) in [4.78, 5) is 9.26. The molecule has 0 N–H and O–H groups in total. The van der Waals surface area contributed by atoms with Crippen LogP contribution in [0.1, 0.15) is 50.6 Å². The lowest BCUT2D eigenvalue weighted by Crippen LogP contribution is -1.98. The number of rotatable bonds is 7. The van der Waals surface area contributed by atoms with Crippen LogP contribution in [0.5, 0.6) is 0 Å². The van der Waals surface area contributed by atoms with Crippen LogP contribution in [0, 0.1) is 0 Å². The molecule has 0 saturated heterocycles. The Morgan fingerprint density at radius 2 is 2.04 bits per heavy atom. The van der Waals surface area contributed by atoms with E-state index in [0.29, 0.717) is 5.89 Å². The van der Waals surface area contributed by atoms with E-state index in [1.54, 1.807) is 11.8 Å². The molecule has 0 radical (unpaired) electrons. The summed E-state index contributed by atoms with van der Waals surface area (Å²) in [5.74, 6) is 1.48. The van der Waals surface area contributed by atoms with Gasteiger partial charge in [-0.25, -0.2) is 4.98 Å². The van der Waals surface area contributed by atoms with Gasteiger partial charge < -0.3 is 9.09 Å². The maximum Gasteiger partial charge on any atom is 0.239 e. The average molecular weight is 330 g/mol. The minimum absolute atomic E-state index is 0.0833. The first kappa shape index (κ1) is 16.1. The highest BCUT2D eigenvalue weighted by molar-refractivity contribution is 7.99. The molecule has 3 aromatic rings. The van der Waals surface area contributed by atoms with Gasteiger partial charge in [-0.05, 0) is 32.4 Å². The van der Waals surface area contributed by atoms with E-state index < -0.39 is 0 Å². The third-order valence-electron chi connectivity index (χ3n) is 3.80. The van der Waals surface area contributed by atoms with Crippen LogP contribution in [-0.4, -0.2) is 19.7 Å². The number of fused-ring (bicyclic) bond motifs is 1. The lowest BCUT2D eigenvalue weighted by Gasteiger charge is -2.08. The number of hydrogen-bond acceptors (Lipinski definition) is 5. The van der Waals surface area contributed by atoms with Crippen molar-refractivity contribution in [2.24, 2.45) is 0 Å². The molecular weight excluding hydrogens is 308 g/mol. The predicted octanol–water partition coefficient (Wildman–Crippen LogP) is 4.64. The van der Waals surface area contributed by atoms with Gasteiger partial charge in [-0.3, -0.25) is 0 Å². The molecule has 1 atom stereocenters. The summed E-state index contributed by atoms with van der Waals surface area (Å²) < 4.78 is 7.65. The monoisotopic (exact) mass is 330 g/mol. The Kier molecular flexibility index (Phi) is 5.00.